The Bertz CT molecular complexity index is 489. The van der Waals surface area contributed by atoms with Crippen LogP contribution in [-0.2, 0) is 9.59 Å². The number of rotatable bonds is 7. The lowest BCUT2D eigenvalue weighted by Gasteiger charge is -2.07. The lowest BCUT2D eigenvalue weighted by atomic mass is 10.2. The minimum atomic E-state index is -1.01. The van der Waals surface area contributed by atoms with Crippen molar-refractivity contribution in [3.05, 3.63) is 34.4 Å². The maximum Gasteiger partial charge on any atom is 0.305 e. The van der Waals surface area contributed by atoms with Crippen molar-refractivity contribution in [2.45, 2.75) is 6.42 Å². The highest BCUT2D eigenvalue weighted by Gasteiger charge is 2.12. The highest BCUT2D eigenvalue weighted by molar-refractivity contribution is 5.82. The zero-order valence-electron chi connectivity index (χ0n) is 9.96. The molecule has 0 saturated carbocycles. The summed E-state index contributed by atoms with van der Waals surface area (Å²) in [7, 11) is 0. The number of carbonyl (C=O) groups excluding carboxylic acids is 1. The van der Waals surface area contributed by atoms with E-state index in [1.54, 1.807) is 6.07 Å². The molecule has 0 spiro atoms. The summed E-state index contributed by atoms with van der Waals surface area (Å²) in [6.07, 6.45) is -0.169. The van der Waals surface area contributed by atoms with Crippen molar-refractivity contribution >= 4 is 23.3 Å². The number of anilines is 1. The number of carboxylic acids is 1. The number of amides is 1. The molecule has 0 bridgehead atoms. The zero-order valence-corrected chi connectivity index (χ0v) is 9.96. The Labute approximate surface area is 108 Å². The van der Waals surface area contributed by atoms with E-state index in [0.29, 0.717) is 0 Å². The molecule has 1 rings (SSSR count). The summed E-state index contributed by atoms with van der Waals surface area (Å²) in [6, 6.07) is 5.95. The van der Waals surface area contributed by atoms with Gasteiger partial charge in [-0.15, -0.1) is 0 Å². The fourth-order valence-corrected chi connectivity index (χ4v) is 1.33. The molecule has 8 heteroatoms. The number of hydrogen-bond donors (Lipinski definition) is 3. The molecule has 0 atom stereocenters. The average molecular weight is 267 g/mol. The Hall–Kier alpha value is -2.64. The number of nitro benzene ring substituents is 1. The second-order valence-corrected chi connectivity index (χ2v) is 3.62. The molecule has 0 aliphatic heterocycles. The van der Waals surface area contributed by atoms with Crippen LogP contribution in [0.2, 0.25) is 0 Å². The van der Waals surface area contributed by atoms with Crippen molar-refractivity contribution in [2.75, 3.05) is 18.4 Å². The van der Waals surface area contributed by atoms with Crippen LogP contribution in [0.1, 0.15) is 6.42 Å². The van der Waals surface area contributed by atoms with Crippen LogP contribution >= 0.6 is 0 Å². The van der Waals surface area contributed by atoms with E-state index < -0.39 is 16.8 Å². The number of nitro groups is 1. The standard InChI is InChI=1S/C11H13N3O5/c15-10(12-6-5-11(16)17)7-13-8-3-1-2-4-9(8)14(18)19/h1-4,13H,5-7H2,(H,12,15)(H,16,17). The van der Waals surface area contributed by atoms with Gasteiger partial charge in [-0.1, -0.05) is 12.1 Å². The van der Waals surface area contributed by atoms with Crippen LogP contribution in [0.5, 0.6) is 0 Å². The summed E-state index contributed by atoms with van der Waals surface area (Å²) in [4.78, 5) is 31.7. The minimum absolute atomic E-state index is 0.0206. The van der Waals surface area contributed by atoms with Gasteiger partial charge in [0, 0.05) is 12.6 Å². The Morgan fingerprint density at radius 3 is 2.63 bits per heavy atom. The van der Waals surface area contributed by atoms with Crippen LogP contribution < -0.4 is 10.6 Å². The topological polar surface area (TPSA) is 122 Å². The van der Waals surface area contributed by atoms with Gasteiger partial charge in [0.05, 0.1) is 17.9 Å². The first kappa shape index (κ1) is 14.4. The van der Waals surface area contributed by atoms with Gasteiger partial charge in [0.2, 0.25) is 5.91 Å². The predicted octanol–water partition coefficient (Wildman–Crippen LogP) is 0.598. The number of carboxylic acid groups (broad SMARTS) is 1. The second-order valence-electron chi connectivity index (χ2n) is 3.62. The van der Waals surface area contributed by atoms with Crippen LogP contribution in [0, 0.1) is 10.1 Å². The molecule has 0 aromatic heterocycles. The SMILES string of the molecule is O=C(O)CCNC(=O)CNc1ccccc1[N+](=O)[O-]. The fourth-order valence-electron chi connectivity index (χ4n) is 1.33. The first-order valence-electron chi connectivity index (χ1n) is 5.46. The van der Waals surface area contributed by atoms with Gasteiger partial charge in [0.1, 0.15) is 5.69 Å². The van der Waals surface area contributed by atoms with Gasteiger partial charge in [0.25, 0.3) is 5.69 Å². The molecular formula is C11H13N3O5. The smallest absolute Gasteiger partial charge is 0.305 e. The van der Waals surface area contributed by atoms with Crippen LogP contribution in [-0.4, -0.2) is 35.0 Å². The van der Waals surface area contributed by atoms with E-state index >= 15 is 0 Å². The third kappa shape index (κ3) is 5.02. The fraction of sp³-hybridized carbons (Fsp3) is 0.273. The molecule has 3 N–H and O–H groups in total. The largest absolute Gasteiger partial charge is 0.481 e. The number of nitrogens with one attached hydrogen (secondary N) is 2. The van der Waals surface area contributed by atoms with E-state index in [1.807, 2.05) is 0 Å². The molecule has 0 radical (unpaired) electrons. The number of carbonyl (C=O) groups is 2. The van der Waals surface area contributed by atoms with E-state index in [4.69, 9.17) is 5.11 Å². The Kier molecular flexibility index (Phi) is 5.27. The molecule has 1 aromatic carbocycles. The Balaban J connectivity index is 2.46. The first-order chi connectivity index (χ1) is 9.00. The third-order valence-corrected chi connectivity index (χ3v) is 2.20. The summed E-state index contributed by atoms with van der Waals surface area (Å²) >= 11 is 0. The number of aliphatic carboxylic acids is 1. The quantitative estimate of drug-likeness (QED) is 0.491. The van der Waals surface area contributed by atoms with Crippen molar-refractivity contribution in [1.29, 1.82) is 0 Å². The van der Waals surface area contributed by atoms with Crippen molar-refractivity contribution in [3.8, 4) is 0 Å². The van der Waals surface area contributed by atoms with Gasteiger partial charge in [-0.2, -0.15) is 0 Å². The van der Waals surface area contributed by atoms with Gasteiger partial charge in [-0.05, 0) is 6.07 Å². The molecular weight excluding hydrogens is 254 g/mol. The van der Waals surface area contributed by atoms with Gasteiger partial charge in [0.15, 0.2) is 0 Å². The van der Waals surface area contributed by atoms with E-state index in [1.165, 1.54) is 18.2 Å². The molecule has 0 aliphatic rings. The van der Waals surface area contributed by atoms with Crippen molar-refractivity contribution in [2.24, 2.45) is 0 Å². The van der Waals surface area contributed by atoms with Gasteiger partial charge in [-0.3, -0.25) is 19.7 Å². The normalized spacial score (nSPS) is 9.68. The number of benzene rings is 1. The Morgan fingerprint density at radius 2 is 2.00 bits per heavy atom. The third-order valence-electron chi connectivity index (χ3n) is 2.20. The minimum Gasteiger partial charge on any atom is -0.481 e. The molecule has 102 valence electrons. The molecule has 0 aliphatic carbocycles. The summed E-state index contributed by atoms with van der Waals surface area (Å²) < 4.78 is 0. The van der Waals surface area contributed by atoms with Gasteiger partial charge < -0.3 is 15.7 Å². The lowest BCUT2D eigenvalue weighted by molar-refractivity contribution is -0.383. The molecule has 0 unspecified atom stereocenters. The number of hydrogen-bond acceptors (Lipinski definition) is 5. The van der Waals surface area contributed by atoms with Crippen LogP contribution in [0.25, 0.3) is 0 Å². The molecule has 8 nitrogen and oxygen atoms in total. The summed E-state index contributed by atoms with van der Waals surface area (Å²) in [6.45, 7) is -0.142. The Morgan fingerprint density at radius 1 is 1.32 bits per heavy atom. The maximum absolute atomic E-state index is 11.3. The molecule has 0 fully saturated rings. The monoisotopic (exact) mass is 267 g/mol. The average Bonchev–Trinajstić information content (AvgIpc) is 2.36. The molecule has 1 amide bonds. The molecule has 0 heterocycles. The highest BCUT2D eigenvalue weighted by atomic mass is 16.6. The zero-order chi connectivity index (χ0) is 14.3. The highest BCUT2D eigenvalue weighted by Crippen LogP contribution is 2.22. The van der Waals surface area contributed by atoms with Crippen molar-refractivity contribution in [1.82, 2.24) is 5.32 Å². The van der Waals surface area contributed by atoms with Gasteiger partial charge in [-0.25, -0.2) is 0 Å². The molecule has 19 heavy (non-hydrogen) atoms. The van der Waals surface area contributed by atoms with E-state index in [2.05, 4.69) is 10.6 Å². The summed E-state index contributed by atoms with van der Waals surface area (Å²) in [5.74, 6) is -1.44. The van der Waals surface area contributed by atoms with E-state index in [0.717, 1.165) is 0 Å². The van der Waals surface area contributed by atoms with Crippen LogP contribution in [0.15, 0.2) is 24.3 Å². The van der Waals surface area contributed by atoms with Crippen molar-refractivity contribution in [3.63, 3.8) is 0 Å². The second kappa shape index (κ2) is 6.94. The molecule has 0 saturated heterocycles. The summed E-state index contributed by atoms with van der Waals surface area (Å²) in [5.41, 5.74) is 0.113. The maximum atomic E-state index is 11.3. The lowest BCUT2D eigenvalue weighted by Crippen LogP contribution is -2.31. The van der Waals surface area contributed by atoms with Crippen LogP contribution in [0.3, 0.4) is 0 Å². The molecule has 1 aromatic rings. The van der Waals surface area contributed by atoms with Crippen molar-refractivity contribution < 1.29 is 19.6 Å². The number of para-hydroxylation sites is 2. The van der Waals surface area contributed by atoms with Crippen LogP contribution in [0.4, 0.5) is 11.4 Å². The van der Waals surface area contributed by atoms with Gasteiger partial charge >= 0.3 is 5.97 Å². The number of nitrogens with zero attached hydrogens (tertiary/aromatic N) is 1. The first-order valence-corrected chi connectivity index (χ1v) is 5.46. The predicted molar refractivity (Wildman–Crippen MR) is 66.8 cm³/mol. The van der Waals surface area contributed by atoms with E-state index in [-0.39, 0.29) is 30.9 Å². The van der Waals surface area contributed by atoms with E-state index in [9.17, 15) is 19.7 Å². The summed E-state index contributed by atoms with van der Waals surface area (Å²) in [5, 5.41) is 24.1.